The number of urea groups is 1. The van der Waals surface area contributed by atoms with Crippen molar-refractivity contribution in [3.8, 4) is 0 Å². The van der Waals surface area contributed by atoms with Crippen LogP contribution in [0.2, 0.25) is 0 Å². The van der Waals surface area contributed by atoms with Gasteiger partial charge in [0, 0.05) is 18.4 Å². The summed E-state index contributed by atoms with van der Waals surface area (Å²) < 4.78 is 5.06. The molecule has 0 aliphatic carbocycles. The molecule has 0 radical (unpaired) electrons. The maximum Gasteiger partial charge on any atom is 0.318 e. The standard InChI is InChI=1S/C20H18N4O4/c1-21-20(27)23-14-10-8-13(9-11-14)22-18(25)15-5-2-3-6-16(15)24-19(26)17-7-4-12-28-17/h2-12H,1H3,(H,22,25)(H,24,26)(H2,21,23,27). The average Bonchev–Trinajstić information content (AvgIpc) is 3.25. The van der Waals surface area contributed by atoms with Crippen LogP contribution in [0, 0.1) is 0 Å². The predicted molar refractivity (Wildman–Crippen MR) is 106 cm³/mol. The van der Waals surface area contributed by atoms with E-state index in [2.05, 4.69) is 21.3 Å². The van der Waals surface area contributed by atoms with Crippen molar-refractivity contribution < 1.29 is 18.8 Å². The molecule has 0 aliphatic rings. The van der Waals surface area contributed by atoms with Crippen molar-refractivity contribution in [1.82, 2.24) is 5.32 Å². The molecule has 0 bridgehead atoms. The van der Waals surface area contributed by atoms with Crippen LogP contribution in [-0.4, -0.2) is 24.9 Å². The number of carbonyl (C=O) groups excluding carboxylic acids is 3. The molecule has 1 aromatic heterocycles. The van der Waals surface area contributed by atoms with Gasteiger partial charge in [0.05, 0.1) is 17.5 Å². The first-order chi connectivity index (χ1) is 13.6. The van der Waals surface area contributed by atoms with Gasteiger partial charge in [0.2, 0.25) is 0 Å². The molecule has 1 heterocycles. The monoisotopic (exact) mass is 378 g/mol. The smallest absolute Gasteiger partial charge is 0.318 e. The topological polar surface area (TPSA) is 112 Å². The number of benzene rings is 2. The van der Waals surface area contributed by atoms with Gasteiger partial charge in [-0.15, -0.1) is 0 Å². The van der Waals surface area contributed by atoms with E-state index in [9.17, 15) is 14.4 Å². The number of furan rings is 1. The minimum Gasteiger partial charge on any atom is -0.459 e. The Labute approximate surface area is 160 Å². The fourth-order valence-corrected chi connectivity index (χ4v) is 2.41. The van der Waals surface area contributed by atoms with Gasteiger partial charge in [-0.1, -0.05) is 12.1 Å². The lowest BCUT2D eigenvalue weighted by Crippen LogP contribution is -2.24. The second-order valence-corrected chi connectivity index (χ2v) is 5.71. The summed E-state index contributed by atoms with van der Waals surface area (Å²) in [6.45, 7) is 0. The molecule has 0 atom stereocenters. The van der Waals surface area contributed by atoms with Crippen molar-refractivity contribution in [2.75, 3.05) is 23.0 Å². The highest BCUT2D eigenvalue weighted by molar-refractivity contribution is 6.12. The molecular formula is C20H18N4O4. The van der Waals surface area contributed by atoms with E-state index in [1.54, 1.807) is 54.6 Å². The third-order valence-electron chi connectivity index (χ3n) is 3.79. The first kappa shape index (κ1) is 18.7. The van der Waals surface area contributed by atoms with E-state index in [-0.39, 0.29) is 17.7 Å². The van der Waals surface area contributed by atoms with Gasteiger partial charge in [0.1, 0.15) is 0 Å². The fourth-order valence-electron chi connectivity index (χ4n) is 2.41. The van der Waals surface area contributed by atoms with E-state index in [4.69, 9.17) is 4.42 Å². The molecule has 4 N–H and O–H groups in total. The lowest BCUT2D eigenvalue weighted by Gasteiger charge is -2.11. The van der Waals surface area contributed by atoms with Crippen LogP contribution < -0.4 is 21.3 Å². The number of amides is 4. The Morgan fingerprint density at radius 3 is 2.07 bits per heavy atom. The SMILES string of the molecule is CNC(=O)Nc1ccc(NC(=O)c2ccccc2NC(=O)c2ccco2)cc1. The van der Waals surface area contributed by atoms with Crippen molar-refractivity contribution in [2.45, 2.75) is 0 Å². The van der Waals surface area contributed by atoms with Crippen LogP contribution in [0.5, 0.6) is 0 Å². The van der Waals surface area contributed by atoms with Crippen LogP contribution in [0.1, 0.15) is 20.9 Å². The van der Waals surface area contributed by atoms with Crippen molar-refractivity contribution in [2.24, 2.45) is 0 Å². The Kier molecular flexibility index (Phi) is 5.71. The van der Waals surface area contributed by atoms with Gasteiger partial charge in [0.15, 0.2) is 5.76 Å². The normalized spacial score (nSPS) is 10.0. The predicted octanol–water partition coefficient (Wildman–Crippen LogP) is 3.54. The zero-order valence-corrected chi connectivity index (χ0v) is 15.0. The maximum absolute atomic E-state index is 12.6. The van der Waals surface area contributed by atoms with Gasteiger partial charge in [-0.25, -0.2) is 4.79 Å². The summed E-state index contributed by atoms with van der Waals surface area (Å²) in [5, 5.41) is 10.5. The Balaban J connectivity index is 1.71. The molecule has 0 saturated carbocycles. The minimum absolute atomic E-state index is 0.148. The molecule has 0 unspecified atom stereocenters. The highest BCUT2D eigenvalue weighted by Gasteiger charge is 2.15. The highest BCUT2D eigenvalue weighted by atomic mass is 16.3. The van der Waals surface area contributed by atoms with Crippen molar-refractivity contribution in [3.63, 3.8) is 0 Å². The van der Waals surface area contributed by atoms with E-state index in [0.717, 1.165) is 0 Å². The molecule has 0 saturated heterocycles. The third kappa shape index (κ3) is 4.55. The molecule has 142 valence electrons. The van der Waals surface area contributed by atoms with Gasteiger partial charge in [0.25, 0.3) is 11.8 Å². The number of carbonyl (C=O) groups is 3. The minimum atomic E-state index is -0.449. The summed E-state index contributed by atoms with van der Waals surface area (Å²) in [5.74, 6) is -0.688. The molecule has 8 nitrogen and oxygen atoms in total. The van der Waals surface area contributed by atoms with Gasteiger partial charge in [-0.2, -0.15) is 0 Å². The molecule has 4 amide bonds. The number of para-hydroxylation sites is 1. The molecule has 0 fully saturated rings. The Hall–Kier alpha value is -4.07. The average molecular weight is 378 g/mol. The number of nitrogens with one attached hydrogen (secondary N) is 4. The molecule has 0 spiro atoms. The van der Waals surface area contributed by atoms with Gasteiger partial charge in [-0.3, -0.25) is 9.59 Å². The van der Waals surface area contributed by atoms with Gasteiger partial charge in [-0.05, 0) is 48.5 Å². The largest absolute Gasteiger partial charge is 0.459 e. The zero-order valence-electron chi connectivity index (χ0n) is 15.0. The number of anilines is 3. The molecule has 3 rings (SSSR count). The van der Waals surface area contributed by atoms with Crippen LogP contribution >= 0.6 is 0 Å². The molecule has 2 aromatic carbocycles. The molecule has 8 heteroatoms. The van der Waals surface area contributed by atoms with E-state index >= 15 is 0 Å². The van der Waals surface area contributed by atoms with E-state index in [1.165, 1.54) is 19.4 Å². The number of hydrogen-bond donors (Lipinski definition) is 4. The Morgan fingerprint density at radius 2 is 1.43 bits per heavy atom. The van der Waals surface area contributed by atoms with Crippen molar-refractivity contribution in [3.05, 3.63) is 78.3 Å². The summed E-state index contributed by atoms with van der Waals surface area (Å²) in [6.07, 6.45) is 1.40. The molecule has 28 heavy (non-hydrogen) atoms. The second-order valence-electron chi connectivity index (χ2n) is 5.71. The lowest BCUT2D eigenvalue weighted by atomic mass is 10.1. The summed E-state index contributed by atoms with van der Waals surface area (Å²) in [6, 6.07) is 16.1. The first-order valence-electron chi connectivity index (χ1n) is 8.41. The van der Waals surface area contributed by atoms with Crippen LogP contribution in [-0.2, 0) is 0 Å². The number of rotatable bonds is 5. The molecule has 0 aliphatic heterocycles. The molecule has 3 aromatic rings. The van der Waals surface area contributed by atoms with E-state index < -0.39 is 5.91 Å². The summed E-state index contributed by atoms with van der Waals surface area (Å²) in [4.78, 5) is 36.1. The number of hydrogen-bond acceptors (Lipinski definition) is 4. The summed E-state index contributed by atoms with van der Waals surface area (Å²) in [7, 11) is 1.52. The highest BCUT2D eigenvalue weighted by Crippen LogP contribution is 2.20. The Bertz CT molecular complexity index is 982. The summed E-state index contributed by atoms with van der Waals surface area (Å²) >= 11 is 0. The van der Waals surface area contributed by atoms with Crippen molar-refractivity contribution >= 4 is 34.9 Å². The van der Waals surface area contributed by atoms with Crippen molar-refractivity contribution in [1.29, 1.82) is 0 Å². The van der Waals surface area contributed by atoms with E-state index in [0.29, 0.717) is 22.6 Å². The molecular weight excluding hydrogens is 360 g/mol. The lowest BCUT2D eigenvalue weighted by molar-refractivity contribution is 0.0996. The van der Waals surface area contributed by atoms with Crippen LogP contribution in [0.25, 0.3) is 0 Å². The van der Waals surface area contributed by atoms with Gasteiger partial charge < -0.3 is 25.7 Å². The quantitative estimate of drug-likeness (QED) is 0.544. The van der Waals surface area contributed by atoms with Gasteiger partial charge >= 0.3 is 6.03 Å². The maximum atomic E-state index is 12.6. The second kappa shape index (κ2) is 8.54. The Morgan fingerprint density at radius 1 is 0.750 bits per heavy atom. The summed E-state index contributed by atoms with van der Waals surface area (Å²) in [5.41, 5.74) is 1.79. The third-order valence-corrected chi connectivity index (χ3v) is 3.79. The van der Waals surface area contributed by atoms with Crippen LogP contribution in [0.3, 0.4) is 0 Å². The first-order valence-corrected chi connectivity index (χ1v) is 8.41. The zero-order chi connectivity index (χ0) is 19.9. The van der Waals surface area contributed by atoms with Crippen LogP contribution in [0.4, 0.5) is 21.9 Å². The van der Waals surface area contributed by atoms with E-state index in [1.807, 2.05) is 0 Å². The fraction of sp³-hybridized carbons (Fsp3) is 0.0500. The van der Waals surface area contributed by atoms with Crippen LogP contribution in [0.15, 0.2) is 71.3 Å².